The fourth-order valence-electron chi connectivity index (χ4n) is 1.43. The summed E-state index contributed by atoms with van der Waals surface area (Å²) >= 11 is 4.53. The summed E-state index contributed by atoms with van der Waals surface area (Å²) in [5.41, 5.74) is 0.906. The van der Waals surface area contributed by atoms with Gasteiger partial charge in [-0.15, -0.1) is 11.3 Å². The number of nitriles is 1. The molecule has 1 aromatic heterocycles. The van der Waals surface area contributed by atoms with Gasteiger partial charge in [-0.05, 0) is 41.4 Å². The number of hydrogen-bond acceptors (Lipinski definition) is 4. The van der Waals surface area contributed by atoms with Gasteiger partial charge in [-0.2, -0.15) is 9.57 Å². The van der Waals surface area contributed by atoms with E-state index in [-0.39, 0.29) is 12.5 Å². The lowest BCUT2D eigenvalue weighted by atomic mass is 10.2. The minimum absolute atomic E-state index is 0.226. The maximum atomic E-state index is 12.4. The van der Waals surface area contributed by atoms with E-state index >= 15 is 0 Å². The molecule has 100 valence electrons. The average molecular weight is 351 g/mol. The maximum absolute atomic E-state index is 12.4. The average Bonchev–Trinajstić information content (AvgIpc) is 2.66. The van der Waals surface area contributed by atoms with Crippen LogP contribution in [-0.4, -0.2) is 25.8 Å². The van der Waals surface area contributed by atoms with Gasteiger partial charge < -0.3 is 0 Å². The molecule has 0 N–H and O–H groups in total. The van der Waals surface area contributed by atoms with Crippen LogP contribution in [0.4, 0.5) is 0 Å². The van der Waals surface area contributed by atoms with Crippen molar-refractivity contribution >= 4 is 37.3 Å². The molecule has 0 saturated heterocycles. The third-order valence-corrected chi connectivity index (χ3v) is 7.01. The van der Waals surface area contributed by atoms with E-state index in [1.807, 2.05) is 6.92 Å². The SMILES string of the molecule is CCN(CC(C)C#N)S(=O)(=O)c1cc(C)c(Br)s1. The van der Waals surface area contributed by atoms with Crippen LogP contribution < -0.4 is 0 Å². The molecule has 0 spiro atoms. The Balaban J connectivity index is 3.08. The summed E-state index contributed by atoms with van der Waals surface area (Å²) in [6.07, 6.45) is 0. The van der Waals surface area contributed by atoms with Gasteiger partial charge in [0.1, 0.15) is 4.21 Å². The predicted molar refractivity (Wildman–Crippen MR) is 76.0 cm³/mol. The van der Waals surface area contributed by atoms with Gasteiger partial charge in [0.25, 0.3) is 10.0 Å². The second-order valence-corrected chi connectivity index (χ2v) is 8.54. The summed E-state index contributed by atoms with van der Waals surface area (Å²) in [6, 6.07) is 3.71. The van der Waals surface area contributed by atoms with Crippen LogP contribution in [0, 0.1) is 24.2 Å². The fourth-order valence-corrected chi connectivity index (χ4v) is 5.35. The lowest BCUT2D eigenvalue weighted by Crippen LogP contribution is -2.33. The largest absolute Gasteiger partial charge is 0.252 e. The molecule has 1 aromatic rings. The van der Waals surface area contributed by atoms with E-state index in [0.717, 1.165) is 9.35 Å². The monoisotopic (exact) mass is 350 g/mol. The molecule has 18 heavy (non-hydrogen) atoms. The Morgan fingerprint density at radius 3 is 2.61 bits per heavy atom. The van der Waals surface area contributed by atoms with Crippen LogP contribution in [0.25, 0.3) is 0 Å². The van der Waals surface area contributed by atoms with Crippen molar-refractivity contribution in [3.63, 3.8) is 0 Å². The first-order valence-electron chi connectivity index (χ1n) is 5.48. The number of hydrogen-bond donors (Lipinski definition) is 0. The van der Waals surface area contributed by atoms with E-state index in [1.54, 1.807) is 19.9 Å². The summed E-state index contributed by atoms with van der Waals surface area (Å²) < 4.78 is 27.3. The van der Waals surface area contributed by atoms with E-state index in [2.05, 4.69) is 22.0 Å². The van der Waals surface area contributed by atoms with Gasteiger partial charge in [-0.25, -0.2) is 8.42 Å². The molecule has 0 saturated carbocycles. The Morgan fingerprint density at radius 1 is 1.61 bits per heavy atom. The lowest BCUT2D eigenvalue weighted by Gasteiger charge is -2.20. The van der Waals surface area contributed by atoms with Crippen LogP contribution in [0.5, 0.6) is 0 Å². The van der Waals surface area contributed by atoms with E-state index in [4.69, 9.17) is 5.26 Å². The Kier molecular flexibility index (Phi) is 5.34. The third-order valence-electron chi connectivity index (χ3n) is 2.48. The lowest BCUT2D eigenvalue weighted by molar-refractivity contribution is 0.401. The van der Waals surface area contributed by atoms with Gasteiger partial charge in [0.2, 0.25) is 0 Å². The first kappa shape index (κ1) is 15.6. The molecule has 0 aromatic carbocycles. The number of rotatable bonds is 5. The smallest absolute Gasteiger partial charge is 0.206 e. The molecule has 1 unspecified atom stereocenters. The minimum atomic E-state index is -3.49. The number of halogens is 1. The number of nitrogens with zero attached hydrogens (tertiary/aromatic N) is 2. The summed E-state index contributed by atoms with van der Waals surface area (Å²) in [5.74, 6) is -0.316. The van der Waals surface area contributed by atoms with Crippen molar-refractivity contribution in [1.29, 1.82) is 5.26 Å². The van der Waals surface area contributed by atoms with Gasteiger partial charge >= 0.3 is 0 Å². The molecule has 1 rings (SSSR count). The van der Waals surface area contributed by atoms with Gasteiger partial charge in [-0.3, -0.25) is 0 Å². The zero-order chi connectivity index (χ0) is 13.9. The van der Waals surface area contributed by atoms with Crippen molar-refractivity contribution in [2.24, 2.45) is 5.92 Å². The van der Waals surface area contributed by atoms with Crippen molar-refractivity contribution in [2.45, 2.75) is 25.0 Å². The van der Waals surface area contributed by atoms with Crippen LogP contribution in [0.2, 0.25) is 0 Å². The Hall–Kier alpha value is -0.420. The highest BCUT2D eigenvalue weighted by Gasteiger charge is 2.26. The quantitative estimate of drug-likeness (QED) is 0.819. The number of aryl methyl sites for hydroxylation is 1. The Bertz CT molecular complexity index is 541. The van der Waals surface area contributed by atoms with Crippen LogP contribution >= 0.6 is 27.3 Å². The standard InChI is InChI=1S/C11H15BrN2O2S2/c1-4-14(7-8(2)6-13)18(15,16)10-5-9(3)11(12)17-10/h5,8H,4,7H2,1-3H3. The second kappa shape index (κ2) is 6.15. The van der Waals surface area contributed by atoms with Gasteiger partial charge in [0.05, 0.1) is 15.8 Å². The molecular weight excluding hydrogens is 336 g/mol. The van der Waals surface area contributed by atoms with Gasteiger partial charge in [-0.1, -0.05) is 6.92 Å². The summed E-state index contributed by atoms with van der Waals surface area (Å²) in [5, 5.41) is 8.79. The third kappa shape index (κ3) is 3.32. The van der Waals surface area contributed by atoms with Crippen molar-refractivity contribution < 1.29 is 8.42 Å². The molecular formula is C11H15BrN2O2S2. The zero-order valence-corrected chi connectivity index (χ0v) is 13.7. The summed E-state index contributed by atoms with van der Waals surface area (Å²) in [7, 11) is -3.49. The summed E-state index contributed by atoms with van der Waals surface area (Å²) in [6.45, 7) is 5.94. The Morgan fingerprint density at radius 2 is 2.22 bits per heavy atom. The minimum Gasteiger partial charge on any atom is -0.206 e. The predicted octanol–water partition coefficient (Wildman–Crippen LogP) is 2.99. The van der Waals surface area contributed by atoms with E-state index < -0.39 is 10.0 Å². The van der Waals surface area contributed by atoms with Crippen molar-refractivity contribution in [3.8, 4) is 6.07 Å². The topological polar surface area (TPSA) is 61.2 Å². The van der Waals surface area contributed by atoms with Crippen LogP contribution in [-0.2, 0) is 10.0 Å². The highest BCUT2D eigenvalue weighted by atomic mass is 79.9. The van der Waals surface area contributed by atoms with E-state index in [0.29, 0.717) is 10.8 Å². The Labute approximate surface area is 120 Å². The summed E-state index contributed by atoms with van der Waals surface area (Å²) in [4.78, 5) is 0. The normalized spacial score (nSPS) is 13.6. The molecule has 1 atom stereocenters. The number of sulfonamides is 1. The van der Waals surface area contributed by atoms with E-state index in [1.165, 1.54) is 15.6 Å². The zero-order valence-electron chi connectivity index (χ0n) is 10.5. The first-order chi connectivity index (χ1) is 8.32. The van der Waals surface area contributed by atoms with E-state index in [9.17, 15) is 8.42 Å². The molecule has 0 bridgehead atoms. The number of thiophene rings is 1. The second-order valence-electron chi connectivity index (χ2n) is 4.01. The molecule has 0 fully saturated rings. The highest BCUT2D eigenvalue weighted by molar-refractivity contribution is 9.11. The molecule has 4 nitrogen and oxygen atoms in total. The molecule has 0 radical (unpaired) electrons. The van der Waals surface area contributed by atoms with Crippen LogP contribution in [0.3, 0.4) is 0 Å². The first-order valence-corrected chi connectivity index (χ1v) is 8.53. The van der Waals surface area contributed by atoms with Gasteiger partial charge in [0, 0.05) is 13.1 Å². The molecule has 0 aliphatic heterocycles. The fraction of sp³-hybridized carbons (Fsp3) is 0.545. The van der Waals surface area contributed by atoms with Crippen LogP contribution in [0.15, 0.2) is 14.1 Å². The molecule has 0 amide bonds. The molecule has 1 heterocycles. The maximum Gasteiger partial charge on any atom is 0.252 e. The van der Waals surface area contributed by atoms with Crippen molar-refractivity contribution in [3.05, 3.63) is 15.4 Å². The van der Waals surface area contributed by atoms with Gasteiger partial charge in [0.15, 0.2) is 0 Å². The molecule has 7 heteroatoms. The van der Waals surface area contributed by atoms with Crippen LogP contribution in [0.1, 0.15) is 19.4 Å². The van der Waals surface area contributed by atoms with Crippen molar-refractivity contribution in [2.75, 3.05) is 13.1 Å². The van der Waals surface area contributed by atoms with Crippen molar-refractivity contribution in [1.82, 2.24) is 4.31 Å². The molecule has 0 aliphatic rings. The molecule has 0 aliphatic carbocycles. The highest BCUT2D eigenvalue weighted by Crippen LogP contribution is 2.32.